The summed E-state index contributed by atoms with van der Waals surface area (Å²) in [6.45, 7) is 1.70. The fourth-order valence-electron chi connectivity index (χ4n) is 4.28. The second-order valence-electron chi connectivity index (χ2n) is 8.40. The molecule has 2 aromatic heterocycles. The summed E-state index contributed by atoms with van der Waals surface area (Å²) < 4.78 is 17.6. The van der Waals surface area contributed by atoms with Crippen LogP contribution in [0.15, 0.2) is 86.1 Å². The van der Waals surface area contributed by atoms with Crippen LogP contribution < -0.4 is 14.9 Å². The maximum atomic E-state index is 13.7. The van der Waals surface area contributed by atoms with E-state index >= 15 is 0 Å². The molecule has 0 radical (unpaired) electrons. The lowest BCUT2D eigenvalue weighted by Crippen LogP contribution is -2.39. The molecule has 3 heterocycles. The Morgan fingerprint density at radius 2 is 1.79 bits per heavy atom. The molecule has 5 rings (SSSR count). The summed E-state index contributed by atoms with van der Waals surface area (Å²) in [5.74, 6) is 0.00259. The summed E-state index contributed by atoms with van der Waals surface area (Å²) in [4.78, 5) is 43.4. The van der Waals surface area contributed by atoms with Crippen LogP contribution in [0.1, 0.15) is 34.6 Å². The molecule has 0 aliphatic carbocycles. The van der Waals surface area contributed by atoms with Gasteiger partial charge in [-0.3, -0.25) is 9.36 Å². The predicted octanol–water partition coefficient (Wildman–Crippen LogP) is 4.11. The van der Waals surface area contributed by atoms with Crippen LogP contribution in [0.2, 0.25) is 5.02 Å². The molecule has 0 spiro atoms. The first kappa shape index (κ1) is 25.4. The number of hydrogen-bond acceptors (Lipinski definition) is 8. The Morgan fingerprint density at radius 3 is 2.47 bits per heavy atom. The van der Waals surface area contributed by atoms with Gasteiger partial charge in [0.25, 0.3) is 5.56 Å². The van der Waals surface area contributed by atoms with Crippen LogP contribution in [0.25, 0.3) is 17.4 Å². The number of hydrogen-bond donors (Lipinski definition) is 0. The van der Waals surface area contributed by atoms with Gasteiger partial charge in [0.2, 0.25) is 0 Å². The summed E-state index contributed by atoms with van der Waals surface area (Å²) in [7, 11) is 2.58. The maximum absolute atomic E-state index is 13.7. The van der Waals surface area contributed by atoms with Gasteiger partial charge in [0, 0.05) is 16.7 Å². The van der Waals surface area contributed by atoms with E-state index in [9.17, 15) is 14.4 Å². The highest BCUT2D eigenvalue weighted by molar-refractivity contribution is 7.07. The Morgan fingerprint density at radius 1 is 1.05 bits per heavy atom. The van der Waals surface area contributed by atoms with Gasteiger partial charge in [-0.05, 0) is 48.9 Å². The zero-order valence-electron chi connectivity index (χ0n) is 20.6. The molecule has 2 aromatic carbocycles. The molecule has 0 amide bonds. The molecular formula is C28H21ClN2O6S. The standard InChI is InChI=1S/C28H21ClN2O6S/c1-15-23(27(34)36-3)24(16-7-9-17(10-8-16)26(33)35-2)31-25(32)22(38-28(31)30-15)14-20-11-12-21(37-20)18-5-4-6-19(29)13-18/h4-14,24H,1-3H3/b22-14-/t24-/m0/s1. The number of methoxy groups -OCH3 is 2. The monoisotopic (exact) mass is 548 g/mol. The van der Waals surface area contributed by atoms with Crippen LogP contribution in [-0.2, 0) is 14.3 Å². The number of allylic oxidation sites excluding steroid dienone is 1. The lowest BCUT2D eigenvalue weighted by atomic mass is 9.95. The van der Waals surface area contributed by atoms with Gasteiger partial charge in [-0.2, -0.15) is 0 Å². The van der Waals surface area contributed by atoms with Crippen molar-refractivity contribution in [3.05, 3.63) is 114 Å². The summed E-state index contributed by atoms with van der Waals surface area (Å²) >= 11 is 7.29. The number of ether oxygens (including phenoxy) is 2. The molecule has 192 valence electrons. The first-order chi connectivity index (χ1) is 18.3. The smallest absolute Gasteiger partial charge is 0.338 e. The number of carbonyl (C=O) groups excluding carboxylic acids is 2. The van der Waals surface area contributed by atoms with E-state index in [4.69, 9.17) is 25.5 Å². The van der Waals surface area contributed by atoms with E-state index in [1.807, 2.05) is 12.1 Å². The minimum absolute atomic E-state index is 0.235. The lowest BCUT2D eigenvalue weighted by Gasteiger charge is -2.24. The molecule has 8 nitrogen and oxygen atoms in total. The molecular weight excluding hydrogens is 528 g/mol. The SMILES string of the molecule is COC(=O)C1=C(C)N=c2s/c(=C\c3ccc(-c4cccc(Cl)c4)o3)c(=O)n2[C@H]1c1ccc(C(=O)OC)cc1. The summed E-state index contributed by atoms with van der Waals surface area (Å²) in [6.07, 6.45) is 1.65. The van der Waals surface area contributed by atoms with Gasteiger partial charge in [-0.1, -0.05) is 47.2 Å². The number of aromatic nitrogens is 1. The number of thiazole rings is 1. The van der Waals surface area contributed by atoms with Crippen molar-refractivity contribution in [2.75, 3.05) is 14.2 Å². The third kappa shape index (κ3) is 4.62. The Labute approximate surface area is 225 Å². The van der Waals surface area contributed by atoms with Crippen molar-refractivity contribution in [2.24, 2.45) is 4.99 Å². The van der Waals surface area contributed by atoms with E-state index < -0.39 is 18.0 Å². The van der Waals surface area contributed by atoms with Crippen molar-refractivity contribution >= 4 is 41.0 Å². The number of carbonyl (C=O) groups is 2. The van der Waals surface area contributed by atoms with Gasteiger partial charge in [0.1, 0.15) is 11.5 Å². The average Bonchev–Trinajstić information content (AvgIpc) is 3.51. The summed E-state index contributed by atoms with van der Waals surface area (Å²) in [5, 5.41) is 0.588. The molecule has 1 aliphatic heterocycles. The predicted molar refractivity (Wildman–Crippen MR) is 143 cm³/mol. The van der Waals surface area contributed by atoms with E-state index in [0.717, 1.165) is 5.56 Å². The van der Waals surface area contributed by atoms with Gasteiger partial charge >= 0.3 is 11.9 Å². The Balaban J connectivity index is 1.63. The highest BCUT2D eigenvalue weighted by Crippen LogP contribution is 2.31. The van der Waals surface area contributed by atoms with Crippen molar-refractivity contribution in [1.29, 1.82) is 0 Å². The molecule has 10 heteroatoms. The average molecular weight is 549 g/mol. The third-order valence-electron chi connectivity index (χ3n) is 6.08. The van der Waals surface area contributed by atoms with Crippen molar-refractivity contribution in [2.45, 2.75) is 13.0 Å². The van der Waals surface area contributed by atoms with Crippen molar-refractivity contribution < 1.29 is 23.5 Å². The van der Waals surface area contributed by atoms with Crippen molar-refractivity contribution in [1.82, 2.24) is 4.57 Å². The zero-order chi connectivity index (χ0) is 27.0. The molecule has 0 fully saturated rings. The summed E-state index contributed by atoms with van der Waals surface area (Å²) in [6, 6.07) is 16.6. The van der Waals surface area contributed by atoms with E-state index in [-0.39, 0.29) is 11.1 Å². The molecule has 1 aliphatic rings. The van der Waals surface area contributed by atoms with Gasteiger partial charge in [-0.25, -0.2) is 14.6 Å². The second-order valence-corrected chi connectivity index (χ2v) is 9.84. The quantitative estimate of drug-likeness (QED) is 0.348. The Kier molecular flexibility index (Phi) is 6.88. The van der Waals surface area contributed by atoms with Crippen LogP contribution in [0.3, 0.4) is 0 Å². The van der Waals surface area contributed by atoms with Crippen LogP contribution in [0.5, 0.6) is 0 Å². The normalized spacial score (nSPS) is 15.2. The number of furan rings is 1. The maximum Gasteiger partial charge on any atom is 0.338 e. The molecule has 0 bridgehead atoms. The number of fused-ring (bicyclic) bond motifs is 1. The van der Waals surface area contributed by atoms with Crippen LogP contribution in [0, 0.1) is 0 Å². The van der Waals surface area contributed by atoms with E-state index in [1.54, 1.807) is 61.5 Å². The molecule has 4 aromatic rings. The minimum Gasteiger partial charge on any atom is -0.466 e. The van der Waals surface area contributed by atoms with Gasteiger partial charge < -0.3 is 13.9 Å². The fourth-order valence-corrected chi connectivity index (χ4v) is 5.50. The summed E-state index contributed by atoms with van der Waals surface area (Å²) in [5.41, 5.74) is 2.10. The highest BCUT2D eigenvalue weighted by atomic mass is 35.5. The number of rotatable bonds is 5. The van der Waals surface area contributed by atoms with Crippen LogP contribution in [-0.4, -0.2) is 30.7 Å². The van der Waals surface area contributed by atoms with E-state index in [0.29, 0.717) is 42.7 Å². The minimum atomic E-state index is -0.800. The van der Waals surface area contributed by atoms with Gasteiger partial charge in [-0.15, -0.1) is 0 Å². The van der Waals surface area contributed by atoms with Crippen molar-refractivity contribution in [3.8, 4) is 11.3 Å². The third-order valence-corrected chi connectivity index (χ3v) is 7.30. The molecule has 0 saturated heterocycles. The largest absolute Gasteiger partial charge is 0.466 e. The zero-order valence-corrected chi connectivity index (χ0v) is 22.1. The fraction of sp³-hybridized carbons (Fsp3) is 0.143. The van der Waals surface area contributed by atoms with E-state index in [1.165, 1.54) is 30.1 Å². The second kappa shape index (κ2) is 10.3. The van der Waals surface area contributed by atoms with Gasteiger partial charge in [0.05, 0.1) is 41.6 Å². The first-order valence-corrected chi connectivity index (χ1v) is 12.6. The molecule has 0 unspecified atom stereocenters. The van der Waals surface area contributed by atoms with Crippen LogP contribution in [0.4, 0.5) is 0 Å². The van der Waals surface area contributed by atoms with E-state index in [2.05, 4.69) is 4.99 Å². The van der Waals surface area contributed by atoms with Crippen LogP contribution >= 0.6 is 22.9 Å². The van der Waals surface area contributed by atoms with Gasteiger partial charge in [0.15, 0.2) is 4.80 Å². The number of halogens is 1. The highest BCUT2D eigenvalue weighted by Gasteiger charge is 2.33. The Bertz CT molecular complexity index is 1780. The molecule has 0 N–H and O–H groups in total. The first-order valence-electron chi connectivity index (χ1n) is 11.5. The topological polar surface area (TPSA) is 100 Å². The number of esters is 2. The molecule has 38 heavy (non-hydrogen) atoms. The molecule has 1 atom stereocenters. The molecule has 0 saturated carbocycles. The Hall–Kier alpha value is -4.21. The lowest BCUT2D eigenvalue weighted by molar-refractivity contribution is -0.136. The number of nitrogens with zero attached hydrogens (tertiary/aromatic N) is 2. The number of benzene rings is 2. The van der Waals surface area contributed by atoms with Crippen molar-refractivity contribution in [3.63, 3.8) is 0 Å².